The van der Waals surface area contributed by atoms with Crippen molar-refractivity contribution in [2.45, 2.75) is 19.3 Å². The van der Waals surface area contributed by atoms with Gasteiger partial charge in [0.15, 0.2) is 0 Å². The first-order valence-electron chi connectivity index (χ1n) is 9.78. The van der Waals surface area contributed by atoms with E-state index in [9.17, 15) is 4.79 Å². The van der Waals surface area contributed by atoms with Crippen molar-refractivity contribution in [1.82, 2.24) is 15.1 Å². The molecule has 5 heteroatoms. The highest BCUT2D eigenvalue weighted by atomic mass is 16.3. The lowest BCUT2D eigenvalue weighted by Crippen LogP contribution is -2.25. The Morgan fingerprint density at radius 1 is 0.931 bits per heavy atom. The van der Waals surface area contributed by atoms with E-state index in [4.69, 9.17) is 4.42 Å². The zero-order valence-corrected chi connectivity index (χ0v) is 16.1. The first kappa shape index (κ1) is 18.7. The molecular formula is C24H23N3O2. The van der Waals surface area contributed by atoms with Gasteiger partial charge in [-0.3, -0.25) is 4.79 Å². The van der Waals surface area contributed by atoms with Gasteiger partial charge in [-0.15, -0.1) is 0 Å². The molecular weight excluding hydrogens is 362 g/mol. The lowest BCUT2D eigenvalue weighted by molar-refractivity contribution is -0.121. The fraction of sp³-hybridized carbons (Fsp3) is 0.167. The Bertz CT molecular complexity index is 1040. The maximum absolute atomic E-state index is 12.1. The highest BCUT2D eigenvalue weighted by molar-refractivity contribution is 5.76. The molecule has 0 bridgehead atoms. The van der Waals surface area contributed by atoms with E-state index in [1.165, 1.54) is 5.56 Å². The van der Waals surface area contributed by atoms with Gasteiger partial charge in [0.2, 0.25) is 5.91 Å². The molecule has 2 heterocycles. The Morgan fingerprint density at radius 3 is 2.52 bits per heavy atom. The molecule has 0 radical (unpaired) electrons. The SMILES string of the molecule is O=C(CCc1ccc(-c2ccccc2)o1)NCCc1ccc(-n2cccn2)cc1. The maximum Gasteiger partial charge on any atom is 0.220 e. The predicted molar refractivity (Wildman–Crippen MR) is 113 cm³/mol. The van der Waals surface area contributed by atoms with Crippen LogP contribution in [-0.4, -0.2) is 22.2 Å². The van der Waals surface area contributed by atoms with Crippen molar-refractivity contribution in [2.24, 2.45) is 0 Å². The smallest absolute Gasteiger partial charge is 0.220 e. The fourth-order valence-electron chi connectivity index (χ4n) is 3.18. The highest BCUT2D eigenvalue weighted by Gasteiger charge is 2.07. The van der Waals surface area contributed by atoms with Crippen LogP contribution in [0.2, 0.25) is 0 Å². The van der Waals surface area contributed by atoms with Crippen molar-refractivity contribution in [2.75, 3.05) is 6.54 Å². The van der Waals surface area contributed by atoms with Crippen LogP contribution < -0.4 is 5.32 Å². The van der Waals surface area contributed by atoms with Crippen LogP contribution in [0.15, 0.2) is 89.6 Å². The molecule has 0 atom stereocenters. The summed E-state index contributed by atoms with van der Waals surface area (Å²) in [4.78, 5) is 12.1. The van der Waals surface area contributed by atoms with Gasteiger partial charge in [0, 0.05) is 37.3 Å². The average Bonchev–Trinajstić information content (AvgIpc) is 3.46. The third kappa shape index (κ3) is 5.02. The maximum atomic E-state index is 12.1. The van der Waals surface area contributed by atoms with E-state index in [1.54, 1.807) is 6.20 Å². The lowest BCUT2D eigenvalue weighted by atomic mass is 10.1. The average molecular weight is 385 g/mol. The normalized spacial score (nSPS) is 10.8. The minimum atomic E-state index is 0.0378. The lowest BCUT2D eigenvalue weighted by Gasteiger charge is -2.06. The van der Waals surface area contributed by atoms with Crippen LogP contribution in [0.4, 0.5) is 0 Å². The molecule has 0 spiro atoms. The number of carbonyl (C=O) groups excluding carboxylic acids is 1. The van der Waals surface area contributed by atoms with E-state index in [-0.39, 0.29) is 5.91 Å². The van der Waals surface area contributed by atoms with Crippen LogP contribution in [0.1, 0.15) is 17.7 Å². The molecule has 1 N–H and O–H groups in total. The Labute approximate surface area is 170 Å². The van der Waals surface area contributed by atoms with Gasteiger partial charge >= 0.3 is 0 Å². The fourth-order valence-corrected chi connectivity index (χ4v) is 3.18. The zero-order valence-electron chi connectivity index (χ0n) is 16.1. The second-order valence-electron chi connectivity index (χ2n) is 6.85. The molecule has 146 valence electrons. The van der Waals surface area contributed by atoms with Gasteiger partial charge in [0.05, 0.1) is 5.69 Å². The van der Waals surface area contributed by atoms with E-state index in [0.29, 0.717) is 19.4 Å². The highest BCUT2D eigenvalue weighted by Crippen LogP contribution is 2.22. The summed E-state index contributed by atoms with van der Waals surface area (Å²) in [6.45, 7) is 0.618. The van der Waals surface area contributed by atoms with Gasteiger partial charge in [-0.1, -0.05) is 42.5 Å². The van der Waals surface area contributed by atoms with Crippen molar-refractivity contribution in [3.8, 4) is 17.0 Å². The van der Waals surface area contributed by atoms with Gasteiger partial charge in [0.1, 0.15) is 11.5 Å². The van der Waals surface area contributed by atoms with Gasteiger partial charge in [-0.2, -0.15) is 5.10 Å². The van der Waals surface area contributed by atoms with Crippen LogP contribution in [0.25, 0.3) is 17.0 Å². The van der Waals surface area contributed by atoms with Crippen LogP contribution in [0.5, 0.6) is 0 Å². The molecule has 0 fully saturated rings. The van der Waals surface area contributed by atoms with E-state index in [0.717, 1.165) is 29.2 Å². The standard InChI is InChI=1S/C24H23N3O2/c28-24(14-12-22-11-13-23(29-22)20-5-2-1-3-6-20)25-17-15-19-7-9-21(10-8-19)27-18-4-16-26-27/h1-11,13,16,18H,12,14-15,17H2,(H,25,28). The second kappa shape index (κ2) is 9.06. The van der Waals surface area contributed by atoms with E-state index in [2.05, 4.69) is 22.5 Å². The molecule has 4 aromatic rings. The molecule has 0 saturated carbocycles. The van der Waals surface area contributed by atoms with Gasteiger partial charge in [0.25, 0.3) is 0 Å². The molecule has 2 aromatic heterocycles. The molecule has 4 rings (SSSR count). The minimum Gasteiger partial charge on any atom is -0.461 e. The minimum absolute atomic E-state index is 0.0378. The summed E-state index contributed by atoms with van der Waals surface area (Å²) >= 11 is 0. The largest absolute Gasteiger partial charge is 0.461 e. The number of furan rings is 1. The molecule has 5 nitrogen and oxygen atoms in total. The van der Waals surface area contributed by atoms with Crippen molar-refractivity contribution < 1.29 is 9.21 Å². The number of aryl methyl sites for hydroxylation is 1. The molecule has 2 aromatic carbocycles. The number of benzene rings is 2. The first-order valence-corrected chi connectivity index (χ1v) is 9.78. The summed E-state index contributed by atoms with van der Waals surface area (Å²) in [6.07, 6.45) is 5.48. The van der Waals surface area contributed by atoms with E-state index in [1.807, 2.05) is 71.5 Å². The molecule has 0 aliphatic rings. The van der Waals surface area contributed by atoms with E-state index < -0.39 is 0 Å². The summed E-state index contributed by atoms with van der Waals surface area (Å²) < 4.78 is 7.67. The van der Waals surface area contributed by atoms with Crippen LogP contribution in [0.3, 0.4) is 0 Å². The van der Waals surface area contributed by atoms with Crippen molar-refractivity contribution in [3.05, 3.63) is 96.5 Å². The van der Waals surface area contributed by atoms with Crippen LogP contribution in [0, 0.1) is 0 Å². The number of amides is 1. The van der Waals surface area contributed by atoms with Crippen LogP contribution in [-0.2, 0) is 17.6 Å². The molecule has 0 aliphatic carbocycles. The number of nitrogens with zero attached hydrogens (tertiary/aromatic N) is 2. The third-order valence-corrected chi connectivity index (χ3v) is 4.76. The van der Waals surface area contributed by atoms with E-state index >= 15 is 0 Å². The third-order valence-electron chi connectivity index (χ3n) is 4.76. The summed E-state index contributed by atoms with van der Waals surface area (Å²) in [5.41, 5.74) is 3.25. The molecule has 0 unspecified atom stereocenters. The summed E-state index contributed by atoms with van der Waals surface area (Å²) in [7, 11) is 0. The molecule has 0 saturated heterocycles. The summed E-state index contributed by atoms with van der Waals surface area (Å²) in [5.74, 6) is 1.70. The Kier molecular flexibility index (Phi) is 5.86. The number of nitrogens with one attached hydrogen (secondary N) is 1. The number of hydrogen-bond acceptors (Lipinski definition) is 3. The Morgan fingerprint density at radius 2 is 1.76 bits per heavy atom. The van der Waals surface area contributed by atoms with Crippen molar-refractivity contribution in [3.63, 3.8) is 0 Å². The van der Waals surface area contributed by atoms with Crippen LogP contribution >= 0.6 is 0 Å². The molecule has 1 amide bonds. The zero-order chi connectivity index (χ0) is 19.9. The van der Waals surface area contributed by atoms with Crippen molar-refractivity contribution >= 4 is 5.91 Å². The number of carbonyl (C=O) groups is 1. The van der Waals surface area contributed by atoms with Gasteiger partial charge in [-0.25, -0.2) is 4.68 Å². The quantitative estimate of drug-likeness (QED) is 0.488. The molecule has 29 heavy (non-hydrogen) atoms. The Balaban J connectivity index is 1.20. The van der Waals surface area contributed by atoms with Gasteiger partial charge < -0.3 is 9.73 Å². The number of rotatable bonds is 8. The topological polar surface area (TPSA) is 60.1 Å². The first-order chi connectivity index (χ1) is 14.3. The molecule has 0 aliphatic heterocycles. The van der Waals surface area contributed by atoms with Crippen molar-refractivity contribution in [1.29, 1.82) is 0 Å². The number of aromatic nitrogens is 2. The monoisotopic (exact) mass is 385 g/mol. The predicted octanol–water partition coefficient (Wildman–Crippen LogP) is 4.42. The second-order valence-corrected chi connectivity index (χ2v) is 6.85. The summed E-state index contributed by atoms with van der Waals surface area (Å²) in [6, 6.07) is 24.0. The van der Waals surface area contributed by atoms with Gasteiger partial charge in [-0.05, 0) is 42.3 Å². The number of hydrogen-bond donors (Lipinski definition) is 1. The Hall–Kier alpha value is -3.60. The summed E-state index contributed by atoms with van der Waals surface area (Å²) in [5, 5.41) is 7.20.